The lowest BCUT2D eigenvalue weighted by molar-refractivity contribution is -0.132. The van der Waals surface area contributed by atoms with Crippen molar-refractivity contribution in [3.05, 3.63) is 58.9 Å². The molecule has 3 amide bonds. The first kappa shape index (κ1) is 22.3. The number of halogens is 1. The number of nitrogen functional groups attached to an aromatic ring is 1. The van der Waals surface area contributed by atoms with Crippen LogP contribution in [0.1, 0.15) is 47.2 Å². The van der Waals surface area contributed by atoms with Gasteiger partial charge >= 0.3 is 6.03 Å². The second-order valence-electron chi connectivity index (χ2n) is 8.28. The highest BCUT2D eigenvalue weighted by molar-refractivity contribution is 5.98. The van der Waals surface area contributed by atoms with Crippen molar-refractivity contribution in [2.75, 3.05) is 24.1 Å². The van der Waals surface area contributed by atoms with Gasteiger partial charge < -0.3 is 20.9 Å². The molecule has 0 radical (unpaired) electrons. The molecule has 33 heavy (non-hydrogen) atoms. The average Bonchev–Trinajstić information content (AvgIpc) is 2.83. The number of nitriles is 1. The van der Waals surface area contributed by atoms with Crippen molar-refractivity contribution < 1.29 is 18.8 Å². The fourth-order valence-corrected chi connectivity index (χ4v) is 4.34. The Balaban J connectivity index is 1.29. The number of hydrogen-bond acceptors (Lipinski definition) is 5. The molecular weight excluding hydrogens is 425 g/mol. The highest BCUT2D eigenvalue weighted by atomic mass is 19.1. The van der Waals surface area contributed by atoms with E-state index in [0.29, 0.717) is 32.5 Å². The maximum atomic E-state index is 13.8. The summed E-state index contributed by atoms with van der Waals surface area (Å²) in [5.41, 5.74) is 7.01. The molecule has 0 saturated carbocycles. The Labute approximate surface area is 190 Å². The molecule has 0 unspecified atom stereocenters. The quantitative estimate of drug-likeness (QED) is 0.536. The molecule has 1 saturated heterocycles. The Kier molecular flexibility index (Phi) is 6.27. The minimum Gasteiger partial charge on any atom is -0.395 e. The number of benzene rings is 2. The smallest absolute Gasteiger partial charge is 0.322 e. The number of hydrogen-bond donors (Lipinski definition) is 2. The van der Waals surface area contributed by atoms with Crippen molar-refractivity contribution in [3.8, 4) is 6.07 Å². The van der Waals surface area contributed by atoms with E-state index in [-0.39, 0.29) is 47.6 Å². The lowest BCUT2D eigenvalue weighted by Gasteiger charge is -2.40. The summed E-state index contributed by atoms with van der Waals surface area (Å²) < 4.78 is 13.8. The van der Waals surface area contributed by atoms with Gasteiger partial charge in [-0.15, -0.1) is 0 Å². The molecule has 2 aliphatic rings. The van der Waals surface area contributed by atoms with Crippen LogP contribution in [-0.2, 0) is 11.3 Å². The summed E-state index contributed by atoms with van der Waals surface area (Å²) in [7, 11) is 0. The summed E-state index contributed by atoms with van der Waals surface area (Å²) in [6.07, 6.45) is 1.22. The Bertz CT molecular complexity index is 1150. The van der Waals surface area contributed by atoms with Crippen LogP contribution >= 0.6 is 0 Å². The number of urea groups is 1. The van der Waals surface area contributed by atoms with Crippen LogP contribution in [0.4, 0.5) is 20.6 Å². The molecule has 9 heteroatoms. The molecule has 0 bridgehead atoms. The van der Waals surface area contributed by atoms with Crippen LogP contribution < -0.4 is 11.1 Å². The topological polar surface area (TPSA) is 120 Å². The first-order valence-electron chi connectivity index (χ1n) is 10.8. The number of rotatable bonds is 5. The number of carbonyl (C=O) groups excluding carboxylic acids is 3. The fraction of sp³-hybridized carbons (Fsp3) is 0.333. The van der Waals surface area contributed by atoms with E-state index in [2.05, 4.69) is 5.32 Å². The number of amides is 3. The Morgan fingerprint density at radius 1 is 1.18 bits per heavy atom. The number of fused-ring (bicyclic) bond motifs is 1. The van der Waals surface area contributed by atoms with E-state index in [1.54, 1.807) is 11.0 Å². The van der Waals surface area contributed by atoms with E-state index < -0.39 is 11.6 Å². The third-order valence-electron chi connectivity index (χ3n) is 6.26. The predicted octanol–water partition coefficient (Wildman–Crippen LogP) is 3.28. The summed E-state index contributed by atoms with van der Waals surface area (Å²) in [5.74, 6) is -1.40. The van der Waals surface area contributed by atoms with E-state index in [1.807, 2.05) is 29.2 Å². The van der Waals surface area contributed by atoms with Gasteiger partial charge in [0.25, 0.3) is 0 Å². The van der Waals surface area contributed by atoms with Crippen molar-refractivity contribution in [2.24, 2.45) is 0 Å². The first-order valence-corrected chi connectivity index (χ1v) is 10.8. The zero-order valence-corrected chi connectivity index (χ0v) is 18.0. The zero-order valence-electron chi connectivity index (χ0n) is 18.0. The molecule has 170 valence electrons. The van der Waals surface area contributed by atoms with Gasteiger partial charge in [0.05, 0.1) is 11.3 Å². The molecule has 2 aromatic rings. The number of nitrogens with two attached hydrogens (primary N) is 1. The molecule has 1 fully saturated rings. The van der Waals surface area contributed by atoms with Crippen LogP contribution in [0.2, 0.25) is 0 Å². The highest BCUT2D eigenvalue weighted by Crippen LogP contribution is 2.28. The van der Waals surface area contributed by atoms with E-state index in [4.69, 9.17) is 11.0 Å². The van der Waals surface area contributed by atoms with Crippen molar-refractivity contribution in [2.45, 2.75) is 38.3 Å². The Morgan fingerprint density at radius 2 is 1.91 bits per heavy atom. The average molecular weight is 449 g/mol. The van der Waals surface area contributed by atoms with Crippen LogP contribution in [-0.4, -0.2) is 46.7 Å². The third-order valence-corrected chi connectivity index (χ3v) is 6.26. The first-order chi connectivity index (χ1) is 15.9. The summed E-state index contributed by atoms with van der Waals surface area (Å²) in [4.78, 5) is 41.1. The van der Waals surface area contributed by atoms with Gasteiger partial charge in [-0.05, 0) is 36.6 Å². The van der Waals surface area contributed by atoms with E-state index in [9.17, 15) is 18.8 Å². The van der Waals surface area contributed by atoms with Gasteiger partial charge in [0, 0.05) is 49.8 Å². The summed E-state index contributed by atoms with van der Waals surface area (Å²) >= 11 is 0. The second-order valence-corrected chi connectivity index (χ2v) is 8.28. The predicted molar refractivity (Wildman–Crippen MR) is 120 cm³/mol. The van der Waals surface area contributed by atoms with Crippen molar-refractivity contribution in [3.63, 3.8) is 0 Å². The summed E-state index contributed by atoms with van der Waals surface area (Å²) in [5, 5.41) is 11.9. The molecule has 2 aromatic carbocycles. The lowest BCUT2D eigenvalue weighted by Crippen LogP contribution is -2.51. The minimum absolute atomic E-state index is 0.00500. The van der Waals surface area contributed by atoms with Gasteiger partial charge in [0.2, 0.25) is 5.91 Å². The van der Waals surface area contributed by atoms with Crippen LogP contribution in [0.5, 0.6) is 0 Å². The number of nitrogens with one attached hydrogen (secondary N) is 1. The van der Waals surface area contributed by atoms with E-state index in [1.165, 1.54) is 6.07 Å². The Hall–Kier alpha value is -3.93. The maximum absolute atomic E-state index is 13.8. The standard InChI is InChI=1S/C24H24FN5O3/c25-19-12-16(11-17(13-26)23(19)27)21(31)5-6-22(32)29-9-7-18(8-10-29)30-14-15-3-1-2-4-20(15)28-24(30)33/h1-4,11-12,18H,5-10,14,27H2,(H,28,33). The fourth-order valence-electron chi connectivity index (χ4n) is 4.34. The van der Waals surface area contributed by atoms with Crippen molar-refractivity contribution in [1.82, 2.24) is 9.80 Å². The molecule has 4 rings (SSSR count). The summed E-state index contributed by atoms with van der Waals surface area (Å²) in [6.45, 7) is 1.54. The van der Waals surface area contributed by atoms with Crippen molar-refractivity contribution in [1.29, 1.82) is 5.26 Å². The number of likely N-dealkylation sites (tertiary alicyclic amines) is 1. The molecule has 8 nitrogen and oxygen atoms in total. The normalized spacial score (nSPS) is 16.1. The minimum atomic E-state index is -0.824. The van der Waals surface area contributed by atoms with Crippen LogP contribution in [0.3, 0.4) is 0 Å². The zero-order chi connectivity index (χ0) is 23.5. The molecule has 2 heterocycles. The van der Waals surface area contributed by atoms with Crippen LogP contribution in [0.15, 0.2) is 36.4 Å². The molecule has 0 aliphatic carbocycles. The van der Waals surface area contributed by atoms with Gasteiger partial charge in [0.15, 0.2) is 5.78 Å². The maximum Gasteiger partial charge on any atom is 0.322 e. The number of piperidine rings is 1. The number of para-hydroxylation sites is 1. The highest BCUT2D eigenvalue weighted by Gasteiger charge is 2.32. The third kappa shape index (κ3) is 4.65. The lowest BCUT2D eigenvalue weighted by atomic mass is 9.99. The molecule has 0 aromatic heterocycles. The SMILES string of the molecule is N#Cc1cc(C(=O)CCC(=O)N2CCC(N3Cc4ccccc4NC3=O)CC2)cc(F)c1N. The van der Waals surface area contributed by atoms with Gasteiger partial charge in [0.1, 0.15) is 11.9 Å². The monoisotopic (exact) mass is 449 g/mol. The Morgan fingerprint density at radius 3 is 2.64 bits per heavy atom. The number of ketones is 1. The second kappa shape index (κ2) is 9.28. The van der Waals surface area contributed by atoms with Gasteiger partial charge in [-0.3, -0.25) is 9.59 Å². The molecule has 0 atom stereocenters. The summed E-state index contributed by atoms with van der Waals surface area (Å²) in [6, 6.07) is 11.6. The van der Waals surface area contributed by atoms with Gasteiger partial charge in [-0.1, -0.05) is 18.2 Å². The van der Waals surface area contributed by atoms with E-state index >= 15 is 0 Å². The van der Waals surface area contributed by atoms with Crippen LogP contribution in [0.25, 0.3) is 0 Å². The molecule has 2 aliphatic heterocycles. The molecule has 0 spiro atoms. The van der Waals surface area contributed by atoms with Gasteiger partial charge in [-0.2, -0.15) is 5.26 Å². The number of nitrogens with zero attached hydrogens (tertiary/aromatic N) is 3. The van der Waals surface area contributed by atoms with Gasteiger partial charge in [-0.25, -0.2) is 9.18 Å². The number of Topliss-reactive ketones (excluding diaryl/α,β-unsaturated/α-hetero) is 1. The molecule has 3 N–H and O–H groups in total. The van der Waals surface area contributed by atoms with Crippen LogP contribution in [0, 0.1) is 17.1 Å². The number of anilines is 2. The van der Waals surface area contributed by atoms with E-state index in [0.717, 1.165) is 17.3 Å². The largest absolute Gasteiger partial charge is 0.395 e. The number of carbonyl (C=O) groups is 3. The molecular formula is C24H24FN5O3. The van der Waals surface area contributed by atoms with Crippen molar-refractivity contribution >= 4 is 29.1 Å².